The van der Waals surface area contributed by atoms with Crippen LogP contribution in [0.5, 0.6) is 5.88 Å². The molecule has 0 aliphatic heterocycles. The summed E-state index contributed by atoms with van der Waals surface area (Å²) in [4.78, 5) is 0. The van der Waals surface area contributed by atoms with Crippen molar-refractivity contribution in [1.29, 1.82) is 0 Å². The normalized spacial score (nSPS) is 10.2. The molecule has 3 heteroatoms. The maximum Gasteiger partial charge on any atom is 0.232 e. The van der Waals surface area contributed by atoms with E-state index in [2.05, 4.69) is 17.2 Å². The van der Waals surface area contributed by atoms with Gasteiger partial charge in [-0.3, -0.25) is 4.68 Å². The van der Waals surface area contributed by atoms with Crippen molar-refractivity contribution in [3.05, 3.63) is 48.2 Å². The first-order chi connectivity index (χ1) is 7.38. The Labute approximate surface area is 89.3 Å². The maximum absolute atomic E-state index is 5.29. The van der Waals surface area contributed by atoms with Gasteiger partial charge in [-0.1, -0.05) is 30.3 Å². The van der Waals surface area contributed by atoms with Gasteiger partial charge in [0.1, 0.15) is 0 Å². The van der Waals surface area contributed by atoms with E-state index < -0.39 is 0 Å². The SMILES string of the molecule is CCOc1ccn(Cc2ccccc2)n1. The van der Waals surface area contributed by atoms with Crippen molar-refractivity contribution in [2.24, 2.45) is 0 Å². The van der Waals surface area contributed by atoms with E-state index in [-0.39, 0.29) is 0 Å². The van der Waals surface area contributed by atoms with Crippen molar-refractivity contribution in [3.8, 4) is 5.88 Å². The van der Waals surface area contributed by atoms with Gasteiger partial charge in [0.15, 0.2) is 0 Å². The number of benzene rings is 1. The Kier molecular flexibility index (Phi) is 3.02. The average molecular weight is 202 g/mol. The summed E-state index contributed by atoms with van der Waals surface area (Å²) in [5.74, 6) is 0.688. The van der Waals surface area contributed by atoms with Crippen LogP contribution < -0.4 is 4.74 Å². The summed E-state index contributed by atoms with van der Waals surface area (Å²) in [6.07, 6.45) is 1.93. The van der Waals surface area contributed by atoms with Crippen LogP contribution in [0.15, 0.2) is 42.6 Å². The predicted octanol–water partition coefficient (Wildman–Crippen LogP) is 2.33. The molecule has 1 aromatic carbocycles. The van der Waals surface area contributed by atoms with E-state index in [9.17, 15) is 0 Å². The minimum Gasteiger partial charge on any atom is -0.477 e. The Hall–Kier alpha value is -1.77. The van der Waals surface area contributed by atoms with Crippen molar-refractivity contribution in [2.75, 3.05) is 6.61 Å². The van der Waals surface area contributed by atoms with Crippen molar-refractivity contribution in [2.45, 2.75) is 13.5 Å². The number of ether oxygens (including phenoxy) is 1. The Bertz CT molecular complexity index is 409. The largest absolute Gasteiger partial charge is 0.477 e. The zero-order valence-corrected chi connectivity index (χ0v) is 8.76. The third kappa shape index (κ3) is 2.59. The quantitative estimate of drug-likeness (QED) is 0.760. The number of hydrogen-bond donors (Lipinski definition) is 0. The molecule has 1 aromatic heterocycles. The van der Waals surface area contributed by atoms with Gasteiger partial charge in [-0.05, 0) is 12.5 Å². The third-order valence-corrected chi connectivity index (χ3v) is 2.10. The molecule has 1 heterocycles. The first kappa shape index (κ1) is 9.77. The molecule has 2 rings (SSSR count). The molecule has 0 aliphatic carbocycles. The number of hydrogen-bond acceptors (Lipinski definition) is 2. The van der Waals surface area contributed by atoms with Crippen LogP contribution in [-0.4, -0.2) is 16.4 Å². The van der Waals surface area contributed by atoms with Crippen LogP contribution in [0.3, 0.4) is 0 Å². The number of rotatable bonds is 4. The summed E-state index contributed by atoms with van der Waals surface area (Å²) >= 11 is 0. The molecule has 0 amide bonds. The van der Waals surface area contributed by atoms with Crippen LogP contribution in [0.2, 0.25) is 0 Å². The monoisotopic (exact) mass is 202 g/mol. The van der Waals surface area contributed by atoms with Crippen molar-refractivity contribution < 1.29 is 4.74 Å². The van der Waals surface area contributed by atoms with Crippen molar-refractivity contribution >= 4 is 0 Å². The van der Waals surface area contributed by atoms with Gasteiger partial charge in [-0.25, -0.2) is 0 Å². The van der Waals surface area contributed by atoms with E-state index in [4.69, 9.17) is 4.74 Å². The predicted molar refractivity (Wildman–Crippen MR) is 58.9 cm³/mol. The zero-order chi connectivity index (χ0) is 10.5. The summed E-state index contributed by atoms with van der Waals surface area (Å²) in [6, 6.07) is 12.1. The number of aromatic nitrogens is 2. The topological polar surface area (TPSA) is 27.1 Å². The van der Waals surface area contributed by atoms with E-state index in [0.717, 1.165) is 6.54 Å². The lowest BCUT2D eigenvalue weighted by Crippen LogP contribution is -2.01. The van der Waals surface area contributed by atoms with Crippen LogP contribution in [0.25, 0.3) is 0 Å². The van der Waals surface area contributed by atoms with Crippen molar-refractivity contribution in [1.82, 2.24) is 9.78 Å². The second-order valence-corrected chi connectivity index (χ2v) is 3.27. The highest BCUT2D eigenvalue weighted by molar-refractivity contribution is 5.15. The first-order valence-corrected chi connectivity index (χ1v) is 5.08. The van der Waals surface area contributed by atoms with Gasteiger partial charge in [0, 0.05) is 12.3 Å². The Morgan fingerprint density at radius 3 is 2.73 bits per heavy atom. The standard InChI is InChI=1S/C12H14N2O/c1-2-15-12-8-9-14(13-12)10-11-6-4-3-5-7-11/h3-9H,2,10H2,1H3. The first-order valence-electron chi connectivity index (χ1n) is 5.08. The highest BCUT2D eigenvalue weighted by atomic mass is 16.5. The molecule has 0 radical (unpaired) electrons. The summed E-state index contributed by atoms with van der Waals surface area (Å²) in [7, 11) is 0. The molecule has 15 heavy (non-hydrogen) atoms. The van der Waals surface area contributed by atoms with E-state index in [1.54, 1.807) is 0 Å². The van der Waals surface area contributed by atoms with Gasteiger partial charge in [-0.2, -0.15) is 0 Å². The lowest BCUT2D eigenvalue weighted by molar-refractivity contribution is 0.322. The van der Waals surface area contributed by atoms with E-state index in [1.807, 2.05) is 42.1 Å². The maximum atomic E-state index is 5.29. The molecule has 2 aromatic rings. The summed E-state index contributed by atoms with van der Waals surface area (Å²) in [6.45, 7) is 3.40. The summed E-state index contributed by atoms with van der Waals surface area (Å²) in [5.41, 5.74) is 1.24. The van der Waals surface area contributed by atoms with Crippen LogP contribution in [-0.2, 0) is 6.54 Å². The fourth-order valence-corrected chi connectivity index (χ4v) is 1.43. The molecule has 0 bridgehead atoms. The van der Waals surface area contributed by atoms with E-state index in [0.29, 0.717) is 12.5 Å². The molecule has 0 atom stereocenters. The molecule has 78 valence electrons. The second-order valence-electron chi connectivity index (χ2n) is 3.27. The minimum absolute atomic E-state index is 0.655. The fourth-order valence-electron chi connectivity index (χ4n) is 1.43. The van der Waals surface area contributed by atoms with E-state index >= 15 is 0 Å². The molecule has 0 unspecified atom stereocenters. The summed E-state index contributed by atoms with van der Waals surface area (Å²) < 4.78 is 7.17. The molecule has 0 saturated carbocycles. The smallest absolute Gasteiger partial charge is 0.232 e. The lowest BCUT2D eigenvalue weighted by Gasteiger charge is -2.01. The molecular formula is C12H14N2O. The molecule has 0 aliphatic rings. The van der Waals surface area contributed by atoms with Gasteiger partial charge in [0.05, 0.1) is 13.2 Å². The molecule has 0 spiro atoms. The Balaban J connectivity index is 2.05. The van der Waals surface area contributed by atoms with E-state index in [1.165, 1.54) is 5.56 Å². The van der Waals surface area contributed by atoms with Crippen LogP contribution in [0, 0.1) is 0 Å². The summed E-state index contributed by atoms with van der Waals surface area (Å²) in [5, 5.41) is 4.29. The lowest BCUT2D eigenvalue weighted by atomic mass is 10.2. The van der Waals surface area contributed by atoms with Crippen LogP contribution >= 0.6 is 0 Å². The van der Waals surface area contributed by atoms with Gasteiger partial charge in [0.2, 0.25) is 5.88 Å². The molecule has 0 N–H and O–H groups in total. The molecule has 0 saturated heterocycles. The van der Waals surface area contributed by atoms with Crippen LogP contribution in [0.1, 0.15) is 12.5 Å². The minimum atomic E-state index is 0.655. The molecule has 3 nitrogen and oxygen atoms in total. The fraction of sp³-hybridized carbons (Fsp3) is 0.250. The highest BCUT2D eigenvalue weighted by Crippen LogP contribution is 2.07. The van der Waals surface area contributed by atoms with Gasteiger partial charge < -0.3 is 4.74 Å². The molecular weight excluding hydrogens is 188 g/mol. The van der Waals surface area contributed by atoms with Gasteiger partial charge >= 0.3 is 0 Å². The second kappa shape index (κ2) is 4.64. The zero-order valence-electron chi connectivity index (χ0n) is 8.76. The Morgan fingerprint density at radius 1 is 1.20 bits per heavy atom. The van der Waals surface area contributed by atoms with Crippen molar-refractivity contribution in [3.63, 3.8) is 0 Å². The van der Waals surface area contributed by atoms with Crippen LogP contribution in [0.4, 0.5) is 0 Å². The Morgan fingerprint density at radius 2 is 2.00 bits per heavy atom. The van der Waals surface area contributed by atoms with Gasteiger partial charge in [0.25, 0.3) is 0 Å². The highest BCUT2D eigenvalue weighted by Gasteiger charge is 1.99. The third-order valence-electron chi connectivity index (χ3n) is 2.10. The van der Waals surface area contributed by atoms with Gasteiger partial charge in [-0.15, -0.1) is 5.10 Å². The average Bonchev–Trinajstić information content (AvgIpc) is 2.68. The number of nitrogens with zero attached hydrogens (tertiary/aromatic N) is 2. The molecule has 0 fully saturated rings.